The van der Waals surface area contributed by atoms with Gasteiger partial charge in [-0.1, -0.05) is 40.9 Å². The number of benzene rings is 1. The lowest BCUT2D eigenvalue weighted by Gasteiger charge is -2.13. The molecular formula is C14H13Cl2N3. The van der Waals surface area contributed by atoms with Crippen LogP contribution < -0.4 is 5.73 Å². The van der Waals surface area contributed by atoms with Crippen molar-refractivity contribution in [2.45, 2.75) is 13.8 Å². The number of anilines is 1. The first-order valence-electron chi connectivity index (χ1n) is 5.70. The minimum Gasteiger partial charge on any atom is -0.383 e. The molecule has 0 amide bonds. The quantitative estimate of drug-likeness (QED) is 0.844. The fourth-order valence-corrected chi connectivity index (χ4v) is 2.27. The standard InChI is InChI=1S/C14H13Cl2N3/c1-8(2)11(9-3-5-10(15)6-4-9)12-13(16)18-7-19-14(12)17/h3-7H,1-2H3,(H2,17,18,19). The average molecular weight is 294 g/mol. The van der Waals surface area contributed by atoms with Gasteiger partial charge in [-0.3, -0.25) is 0 Å². The smallest absolute Gasteiger partial charge is 0.142 e. The number of rotatable bonds is 2. The van der Waals surface area contributed by atoms with Crippen molar-refractivity contribution in [2.75, 3.05) is 5.73 Å². The maximum absolute atomic E-state index is 6.16. The van der Waals surface area contributed by atoms with Gasteiger partial charge in [0.05, 0.1) is 5.56 Å². The zero-order valence-corrected chi connectivity index (χ0v) is 12.1. The summed E-state index contributed by atoms with van der Waals surface area (Å²) < 4.78 is 0. The van der Waals surface area contributed by atoms with E-state index in [0.29, 0.717) is 21.6 Å². The highest BCUT2D eigenvalue weighted by Crippen LogP contribution is 2.34. The van der Waals surface area contributed by atoms with Crippen molar-refractivity contribution in [1.29, 1.82) is 0 Å². The largest absolute Gasteiger partial charge is 0.383 e. The van der Waals surface area contributed by atoms with Crippen LogP contribution in [0.5, 0.6) is 0 Å². The maximum atomic E-state index is 6.16. The zero-order valence-electron chi connectivity index (χ0n) is 10.6. The summed E-state index contributed by atoms with van der Waals surface area (Å²) in [5.41, 5.74) is 9.57. The van der Waals surface area contributed by atoms with Gasteiger partial charge in [-0.15, -0.1) is 0 Å². The van der Waals surface area contributed by atoms with E-state index in [9.17, 15) is 0 Å². The Kier molecular flexibility index (Phi) is 4.08. The number of nitrogen functional groups attached to an aromatic ring is 1. The topological polar surface area (TPSA) is 51.8 Å². The van der Waals surface area contributed by atoms with Gasteiger partial charge in [-0.2, -0.15) is 0 Å². The fraction of sp³-hybridized carbons (Fsp3) is 0.143. The molecule has 0 spiro atoms. The van der Waals surface area contributed by atoms with Crippen molar-refractivity contribution in [2.24, 2.45) is 0 Å². The SMILES string of the molecule is CC(C)=C(c1ccc(Cl)cc1)c1c(N)ncnc1Cl. The summed E-state index contributed by atoms with van der Waals surface area (Å²) in [5.74, 6) is 0.367. The van der Waals surface area contributed by atoms with Gasteiger partial charge in [0, 0.05) is 5.02 Å². The van der Waals surface area contributed by atoms with Crippen LogP contribution in [-0.2, 0) is 0 Å². The first-order valence-corrected chi connectivity index (χ1v) is 6.46. The number of hydrogen-bond acceptors (Lipinski definition) is 3. The summed E-state index contributed by atoms with van der Waals surface area (Å²) in [6.45, 7) is 3.99. The molecule has 2 N–H and O–H groups in total. The number of allylic oxidation sites excluding steroid dienone is 1. The highest BCUT2D eigenvalue weighted by molar-refractivity contribution is 6.32. The Labute approximate surface area is 122 Å². The molecule has 2 aromatic rings. The van der Waals surface area contributed by atoms with Crippen molar-refractivity contribution in [1.82, 2.24) is 9.97 Å². The Bertz CT molecular complexity index is 609. The lowest BCUT2D eigenvalue weighted by molar-refractivity contribution is 1.16. The third-order valence-corrected chi connectivity index (χ3v) is 3.25. The minimum atomic E-state index is 0.346. The molecule has 19 heavy (non-hydrogen) atoms. The Hall–Kier alpha value is -1.58. The summed E-state index contributed by atoms with van der Waals surface area (Å²) in [6.07, 6.45) is 1.35. The summed E-state index contributed by atoms with van der Waals surface area (Å²) in [6, 6.07) is 7.50. The van der Waals surface area contributed by atoms with Crippen LogP contribution in [0.15, 0.2) is 36.2 Å². The van der Waals surface area contributed by atoms with Crippen LogP contribution in [0.25, 0.3) is 5.57 Å². The van der Waals surface area contributed by atoms with Crippen molar-refractivity contribution >= 4 is 34.6 Å². The van der Waals surface area contributed by atoms with E-state index in [2.05, 4.69) is 9.97 Å². The lowest BCUT2D eigenvalue weighted by atomic mass is 9.95. The van der Waals surface area contributed by atoms with E-state index in [1.807, 2.05) is 38.1 Å². The van der Waals surface area contributed by atoms with E-state index in [4.69, 9.17) is 28.9 Å². The third-order valence-electron chi connectivity index (χ3n) is 2.71. The third kappa shape index (κ3) is 2.88. The van der Waals surface area contributed by atoms with Gasteiger partial charge in [-0.05, 0) is 37.1 Å². The summed E-state index contributed by atoms with van der Waals surface area (Å²) in [5, 5.41) is 1.03. The van der Waals surface area contributed by atoms with Gasteiger partial charge in [0.1, 0.15) is 17.3 Å². The molecule has 0 saturated carbocycles. The highest BCUT2D eigenvalue weighted by atomic mass is 35.5. The van der Waals surface area contributed by atoms with Crippen LogP contribution in [0, 0.1) is 0 Å². The van der Waals surface area contributed by atoms with E-state index < -0.39 is 0 Å². The first kappa shape index (κ1) is 13.8. The predicted molar refractivity (Wildman–Crippen MR) is 80.3 cm³/mol. The van der Waals surface area contributed by atoms with E-state index in [1.54, 1.807) is 0 Å². The number of aromatic nitrogens is 2. The molecule has 0 bridgehead atoms. The molecule has 0 saturated heterocycles. The van der Waals surface area contributed by atoms with Gasteiger partial charge in [0.2, 0.25) is 0 Å². The highest BCUT2D eigenvalue weighted by Gasteiger charge is 2.15. The monoisotopic (exact) mass is 293 g/mol. The van der Waals surface area contributed by atoms with Crippen LogP contribution in [0.4, 0.5) is 5.82 Å². The average Bonchev–Trinajstić information content (AvgIpc) is 2.35. The molecule has 1 aromatic heterocycles. The van der Waals surface area contributed by atoms with E-state index >= 15 is 0 Å². The number of nitrogens with zero attached hydrogens (tertiary/aromatic N) is 2. The molecular weight excluding hydrogens is 281 g/mol. The number of hydrogen-bond donors (Lipinski definition) is 1. The molecule has 0 fully saturated rings. The Morgan fingerprint density at radius 2 is 1.68 bits per heavy atom. The van der Waals surface area contributed by atoms with E-state index in [0.717, 1.165) is 16.7 Å². The van der Waals surface area contributed by atoms with Crippen molar-refractivity contribution in [3.05, 3.63) is 57.5 Å². The van der Waals surface area contributed by atoms with Gasteiger partial charge >= 0.3 is 0 Å². The van der Waals surface area contributed by atoms with Crippen molar-refractivity contribution in [3.8, 4) is 0 Å². The molecule has 1 aromatic carbocycles. The van der Waals surface area contributed by atoms with Crippen LogP contribution in [0.1, 0.15) is 25.0 Å². The molecule has 1 heterocycles. The lowest BCUT2D eigenvalue weighted by Crippen LogP contribution is -2.02. The normalized spacial score (nSPS) is 10.3. The molecule has 0 aliphatic rings. The fourth-order valence-electron chi connectivity index (χ4n) is 1.91. The molecule has 0 aliphatic carbocycles. The van der Waals surface area contributed by atoms with E-state index in [-0.39, 0.29) is 0 Å². The predicted octanol–water partition coefficient (Wildman–Crippen LogP) is 4.21. The minimum absolute atomic E-state index is 0.346. The van der Waals surface area contributed by atoms with Crippen molar-refractivity contribution in [3.63, 3.8) is 0 Å². The second-order valence-electron chi connectivity index (χ2n) is 4.31. The summed E-state index contributed by atoms with van der Waals surface area (Å²) >= 11 is 12.1. The Morgan fingerprint density at radius 1 is 1.05 bits per heavy atom. The molecule has 98 valence electrons. The van der Waals surface area contributed by atoms with Gasteiger partial charge < -0.3 is 5.73 Å². The van der Waals surface area contributed by atoms with Crippen LogP contribution >= 0.6 is 23.2 Å². The summed E-state index contributed by atoms with van der Waals surface area (Å²) in [4.78, 5) is 8.01. The second kappa shape index (κ2) is 5.59. The first-order chi connectivity index (χ1) is 9.00. The molecule has 0 unspecified atom stereocenters. The Balaban J connectivity index is 2.67. The molecule has 0 atom stereocenters. The molecule has 0 radical (unpaired) electrons. The number of halogens is 2. The molecule has 2 rings (SSSR count). The maximum Gasteiger partial charge on any atom is 0.142 e. The van der Waals surface area contributed by atoms with Crippen LogP contribution in [-0.4, -0.2) is 9.97 Å². The summed E-state index contributed by atoms with van der Waals surface area (Å²) in [7, 11) is 0. The zero-order chi connectivity index (χ0) is 14.0. The molecule has 5 heteroatoms. The van der Waals surface area contributed by atoms with Gasteiger partial charge in [-0.25, -0.2) is 9.97 Å². The van der Waals surface area contributed by atoms with E-state index in [1.165, 1.54) is 6.33 Å². The number of nitrogens with two attached hydrogens (primary N) is 1. The van der Waals surface area contributed by atoms with Crippen LogP contribution in [0.2, 0.25) is 10.2 Å². The Morgan fingerprint density at radius 3 is 2.21 bits per heavy atom. The van der Waals surface area contributed by atoms with Gasteiger partial charge in [0.25, 0.3) is 0 Å². The molecule has 3 nitrogen and oxygen atoms in total. The van der Waals surface area contributed by atoms with Gasteiger partial charge in [0.15, 0.2) is 0 Å². The van der Waals surface area contributed by atoms with Crippen LogP contribution in [0.3, 0.4) is 0 Å². The second-order valence-corrected chi connectivity index (χ2v) is 5.10. The molecule has 0 aliphatic heterocycles. The van der Waals surface area contributed by atoms with Crippen molar-refractivity contribution < 1.29 is 0 Å².